The van der Waals surface area contributed by atoms with Crippen molar-refractivity contribution in [3.8, 4) is 22.8 Å². The lowest BCUT2D eigenvalue weighted by atomic mass is 9.86. The van der Waals surface area contributed by atoms with E-state index in [1.807, 2.05) is 99.6 Å². The second-order valence-electron chi connectivity index (χ2n) is 15.9. The topological polar surface area (TPSA) is 162 Å². The summed E-state index contributed by atoms with van der Waals surface area (Å²) in [6.45, 7) is 10.2. The second kappa shape index (κ2) is 15.0. The van der Waals surface area contributed by atoms with E-state index in [-0.39, 0.29) is 25.4 Å². The predicted molar refractivity (Wildman–Crippen MR) is 209 cm³/mol. The number of aliphatic carboxylic acids is 1. The first-order chi connectivity index (χ1) is 26.3. The minimum absolute atomic E-state index is 0.0640. The molecule has 7 rings (SSSR count). The van der Waals surface area contributed by atoms with Crippen LogP contribution in [0, 0.1) is 11.3 Å². The van der Waals surface area contributed by atoms with Crippen LogP contribution in [0.1, 0.15) is 50.8 Å². The summed E-state index contributed by atoms with van der Waals surface area (Å²) in [5.41, 5.74) is 2.46. The highest BCUT2D eigenvalue weighted by molar-refractivity contribution is 5.95. The summed E-state index contributed by atoms with van der Waals surface area (Å²) in [7, 11) is 1.59. The molecular formula is C43H49N5O7. The number of fused-ring (bicyclic) bond motifs is 2. The van der Waals surface area contributed by atoms with E-state index in [4.69, 9.17) is 14.5 Å². The van der Waals surface area contributed by atoms with Crippen LogP contribution in [0.4, 0.5) is 4.79 Å². The molecule has 12 nitrogen and oxygen atoms in total. The van der Waals surface area contributed by atoms with Gasteiger partial charge in [-0.2, -0.15) is 0 Å². The van der Waals surface area contributed by atoms with Crippen molar-refractivity contribution in [2.24, 2.45) is 11.3 Å². The monoisotopic (exact) mass is 747 g/mol. The predicted octanol–water partition coefficient (Wildman–Crippen LogP) is 5.25. The van der Waals surface area contributed by atoms with Gasteiger partial charge in [0.2, 0.25) is 5.91 Å². The quantitative estimate of drug-likeness (QED) is 0.122. The SMILES string of the molecule is C=CC1CC1(NC(=O)[C@@H]1C[C@@H](Oc2cc(-c3ccccc3)nc3cc(OC)ccc23)CN1C(=O)NC(CN[C@H]1c2ccccc2C[C@H]1O)C(C)(C)C)C(=O)O. The minimum Gasteiger partial charge on any atom is -0.497 e. The molecule has 7 atom stereocenters. The molecule has 0 radical (unpaired) electrons. The summed E-state index contributed by atoms with van der Waals surface area (Å²) in [5.74, 6) is -0.973. The van der Waals surface area contributed by atoms with Gasteiger partial charge in [0.25, 0.3) is 0 Å². The zero-order chi connectivity index (χ0) is 39.1. The number of hydrogen-bond acceptors (Lipinski definition) is 8. The summed E-state index contributed by atoms with van der Waals surface area (Å²) in [4.78, 5) is 47.2. The van der Waals surface area contributed by atoms with Crippen molar-refractivity contribution in [3.05, 3.63) is 103 Å². The molecule has 3 aromatic carbocycles. The van der Waals surface area contributed by atoms with E-state index >= 15 is 0 Å². The number of hydrogen-bond donors (Lipinski definition) is 5. The van der Waals surface area contributed by atoms with E-state index in [1.54, 1.807) is 7.11 Å². The third kappa shape index (κ3) is 7.61. The Bertz CT molecular complexity index is 2100. The van der Waals surface area contributed by atoms with Crippen LogP contribution in [0.2, 0.25) is 0 Å². The third-order valence-electron chi connectivity index (χ3n) is 11.3. The molecule has 12 heteroatoms. The Morgan fingerprint density at radius 2 is 1.82 bits per heavy atom. The van der Waals surface area contributed by atoms with Gasteiger partial charge in [-0.15, -0.1) is 6.58 Å². The lowest BCUT2D eigenvalue weighted by molar-refractivity contribution is -0.144. The molecule has 2 fully saturated rings. The number of pyridine rings is 1. The molecule has 1 aliphatic heterocycles. The second-order valence-corrected chi connectivity index (χ2v) is 15.9. The number of carbonyl (C=O) groups is 3. The van der Waals surface area contributed by atoms with E-state index in [0.717, 1.165) is 22.1 Å². The first kappa shape index (κ1) is 37.8. The van der Waals surface area contributed by atoms with Crippen molar-refractivity contribution in [2.45, 2.75) is 75.9 Å². The fourth-order valence-corrected chi connectivity index (χ4v) is 7.88. The van der Waals surface area contributed by atoms with Crippen LogP contribution in [0.5, 0.6) is 11.5 Å². The molecule has 1 saturated carbocycles. The van der Waals surface area contributed by atoms with Gasteiger partial charge in [-0.3, -0.25) is 4.79 Å². The molecule has 3 amide bonds. The largest absolute Gasteiger partial charge is 0.497 e. The number of rotatable bonds is 12. The highest BCUT2D eigenvalue weighted by Gasteiger charge is 2.61. The summed E-state index contributed by atoms with van der Waals surface area (Å²) in [5, 5.41) is 31.2. The number of benzene rings is 3. The maximum absolute atomic E-state index is 14.4. The lowest BCUT2D eigenvalue weighted by Crippen LogP contribution is -2.58. The minimum atomic E-state index is -1.47. The number of ether oxygens (including phenoxy) is 2. The Morgan fingerprint density at radius 3 is 2.51 bits per heavy atom. The molecular weight excluding hydrogens is 699 g/mol. The molecule has 2 heterocycles. The van der Waals surface area contributed by atoms with Crippen LogP contribution < -0.4 is 25.4 Å². The zero-order valence-electron chi connectivity index (χ0n) is 31.6. The van der Waals surface area contributed by atoms with Gasteiger partial charge < -0.3 is 40.5 Å². The van der Waals surface area contributed by atoms with Crippen molar-refractivity contribution < 1.29 is 34.1 Å². The number of aromatic nitrogens is 1. The summed E-state index contributed by atoms with van der Waals surface area (Å²) in [6, 6.07) is 22.8. The number of aliphatic hydroxyl groups is 1. The van der Waals surface area contributed by atoms with Crippen molar-refractivity contribution in [2.75, 3.05) is 20.2 Å². The molecule has 0 spiro atoms. The Hall–Kier alpha value is -5.46. The molecule has 1 saturated heterocycles. The van der Waals surface area contributed by atoms with E-state index in [1.165, 1.54) is 11.0 Å². The zero-order valence-corrected chi connectivity index (χ0v) is 31.6. The fourth-order valence-electron chi connectivity index (χ4n) is 7.88. The smallest absolute Gasteiger partial charge is 0.330 e. The van der Waals surface area contributed by atoms with Crippen molar-refractivity contribution >= 4 is 28.8 Å². The van der Waals surface area contributed by atoms with Gasteiger partial charge in [-0.05, 0) is 35.1 Å². The molecule has 55 heavy (non-hydrogen) atoms. The van der Waals surface area contributed by atoms with Crippen LogP contribution in [0.15, 0.2) is 91.5 Å². The number of nitrogens with zero attached hydrogens (tertiary/aromatic N) is 2. The van der Waals surface area contributed by atoms with Crippen LogP contribution >= 0.6 is 0 Å². The molecule has 0 bridgehead atoms. The number of nitrogens with one attached hydrogen (secondary N) is 3. The van der Waals surface area contributed by atoms with Crippen LogP contribution in [-0.2, 0) is 16.0 Å². The molecule has 1 aromatic heterocycles. The van der Waals surface area contributed by atoms with E-state index in [0.29, 0.717) is 35.7 Å². The molecule has 3 unspecified atom stereocenters. The van der Waals surface area contributed by atoms with Crippen molar-refractivity contribution in [3.63, 3.8) is 0 Å². The Labute approximate surface area is 320 Å². The van der Waals surface area contributed by atoms with Gasteiger partial charge in [-0.1, -0.05) is 81.4 Å². The molecule has 5 N–H and O–H groups in total. The molecule has 2 aliphatic carbocycles. The van der Waals surface area contributed by atoms with Gasteiger partial charge >= 0.3 is 12.0 Å². The van der Waals surface area contributed by atoms with E-state index in [2.05, 4.69) is 22.5 Å². The maximum Gasteiger partial charge on any atom is 0.330 e. The number of amides is 3. The molecule has 4 aromatic rings. The van der Waals surface area contributed by atoms with Gasteiger partial charge in [-0.25, -0.2) is 14.6 Å². The average Bonchev–Trinajstić information content (AvgIpc) is 3.57. The van der Waals surface area contributed by atoms with Crippen LogP contribution in [0.25, 0.3) is 22.2 Å². The number of aliphatic hydroxyl groups excluding tert-OH is 1. The van der Waals surface area contributed by atoms with Gasteiger partial charge in [0.05, 0.1) is 37.0 Å². The van der Waals surface area contributed by atoms with Crippen molar-refractivity contribution in [1.82, 2.24) is 25.8 Å². The fraction of sp³-hybridized carbons (Fsp3) is 0.395. The summed E-state index contributed by atoms with van der Waals surface area (Å²) >= 11 is 0. The van der Waals surface area contributed by atoms with Gasteiger partial charge in [0, 0.05) is 54.4 Å². The average molecular weight is 748 g/mol. The third-order valence-corrected chi connectivity index (χ3v) is 11.3. The number of methoxy groups -OCH3 is 1. The van der Waals surface area contributed by atoms with Crippen LogP contribution in [-0.4, -0.2) is 88.0 Å². The first-order valence-electron chi connectivity index (χ1n) is 18.8. The number of likely N-dealkylation sites (tertiary alicyclic amines) is 1. The Morgan fingerprint density at radius 1 is 1.07 bits per heavy atom. The van der Waals surface area contributed by atoms with E-state index in [9.17, 15) is 24.6 Å². The van der Waals surface area contributed by atoms with Crippen LogP contribution in [0.3, 0.4) is 0 Å². The van der Waals surface area contributed by atoms with Gasteiger partial charge in [0.15, 0.2) is 0 Å². The standard InChI is InChI=1S/C43H49N5O7/c1-6-27-22-43(27,40(51)52)47-39(50)34-20-29(55-36-21-32(25-12-8-7-9-13-25)45-33-19-28(54-5)16-17-31(33)36)24-48(34)41(53)46-37(42(2,3)4)23-44-38-30-15-11-10-14-26(30)18-35(38)49/h6-17,19,21,27,29,34-35,37-38,44,49H,1,18,20,22-24H2,2-5H3,(H,46,53)(H,47,50)(H,51,52)/t27?,29-,34+,35-,37?,38+,43?/m1/s1. The highest BCUT2D eigenvalue weighted by atomic mass is 16.5. The number of carbonyl (C=O) groups excluding carboxylic acids is 2. The van der Waals surface area contributed by atoms with Gasteiger partial charge in [0.1, 0.15) is 29.2 Å². The molecule has 288 valence electrons. The Kier molecular flexibility index (Phi) is 10.3. The first-order valence-corrected chi connectivity index (χ1v) is 18.8. The highest BCUT2D eigenvalue weighted by Crippen LogP contribution is 2.45. The lowest BCUT2D eigenvalue weighted by Gasteiger charge is -2.35. The van der Waals surface area contributed by atoms with Crippen molar-refractivity contribution in [1.29, 1.82) is 0 Å². The maximum atomic E-state index is 14.4. The van der Waals surface area contributed by atoms with E-state index < -0.39 is 59.1 Å². The summed E-state index contributed by atoms with van der Waals surface area (Å²) in [6.07, 6.45) is 1.20. The number of urea groups is 1. The number of carboxylic acids is 1. The summed E-state index contributed by atoms with van der Waals surface area (Å²) < 4.78 is 12.2. The normalized spacial score (nSPS) is 24.8. The molecule has 3 aliphatic rings. The Balaban J connectivity index is 1.16. The number of carboxylic acid groups (broad SMARTS) is 1.